The SMILES string of the molecule is O=C(OCC1CCCC(Oc2ccc(I)cc2)O1)c1c(F)c(F)c(F)c(F)c1F. The van der Waals surface area contributed by atoms with Crippen molar-refractivity contribution in [2.24, 2.45) is 0 Å². The highest BCUT2D eigenvalue weighted by Crippen LogP contribution is 2.26. The number of ether oxygens (including phenoxy) is 3. The average Bonchev–Trinajstić information content (AvgIpc) is 2.71. The fourth-order valence-electron chi connectivity index (χ4n) is 2.76. The third kappa shape index (κ3) is 4.97. The van der Waals surface area contributed by atoms with Crippen molar-refractivity contribution in [2.45, 2.75) is 31.7 Å². The van der Waals surface area contributed by atoms with E-state index in [0.29, 0.717) is 25.0 Å². The zero-order valence-electron chi connectivity index (χ0n) is 14.7. The van der Waals surface area contributed by atoms with Crippen LogP contribution in [0, 0.1) is 32.7 Å². The molecule has 2 aromatic rings. The van der Waals surface area contributed by atoms with Gasteiger partial charge in [-0.15, -0.1) is 0 Å². The maximum absolute atomic E-state index is 13.7. The number of hydrogen-bond acceptors (Lipinski definition) is 4. The van der Waals surface area contributed by atoms with E-state index in [1.807, 2.05) is 12.1 Å². The van der Waals surface area contributed by atoms with Gasteiger partial charge in [-0.05, 0) is 59.7 Å². The molecule has 0 radical (unpaired) electrons. The van der Waals surface area contributed by atoms with Crippen molar-refractivity contribution < 1.29 is 41.0 Å². The molecule has 0 aliphatic carbocycles. The van der Waals surface area contributed by atoms with Crippen molar-refractivity contribution in [3.63, 3.8) is 0 Å². The van der Waals surface area contributed by atoms with E-state index in [4.69, 9.17) is 14.2 Å². The van der Waals surface area contributed by atoms with E-state index in [0.717, 1.165) is 3.57 Å². The number of halogens is 6. The fourth-order valence-corrected chi connectivity index (χ4v) is 3.12. The molecule has 10 heteroatoms. The lowest BCUT2D eigenvalue weighted by Gasteiger charge is -2.30. The summed E-state index contributed by atoms with van der Waals surface area (Å²) >= 11 is 2.15. The minimum absolute atomic E-state index is 0.426. The van der Waals surface area contributed by atoms with Crippen LogP contribution in [0.1, 0.15) is 29.6 Å². The standard InChI is InChI=1S/C19H14F5IO4/c20-14-13(15(21)17(23)18(24)16(14)22)19(26)27-8-11-2-1-3-12(29-11)28-10-6-4-9(25)5-7-10/h4-7,11-12H,1-3,8H2. The first-order valence-electron chi connectivity index (χ1n) is 8.54. The predicted molar refractivity (Wildman–Crippen MR) is 98.8 cm³/mol. The average molecular weight is 528 g/mol. The molecule has 1 heterocycles. The van der Waals surface area contributed by atoms with E-state index in [9.17, 15) is 26.7 Å². The first-order valence-corrected chi connectivity index (χ1v) is 9.62. The third-order valence-corrected chi connectivity index (χ3v) is 4.92. The third-order valence-electron chi connectivity index (χ3n) is 4.21. The molecule has 1 fully saturated rings. The van der Waals surface area contributed by atoms with Gasteiger partial charge in [0.05, 0.1) is 6.10 Å². The smallest absolute Gasteiger partial charge is 0.344 e. The molecule has 2 unspecified atom stereocenters. The summed E-state index contributed by atoms with van der Waals surface area (Å²) in [5.41, 5.74) is -1.64. The number of esters is 1. The van der Waals surface area contributed by atoms with Crippen LogP contribution < -0.4 is 4.74 Å². The maximum atomic E-state index is 13.7. The zero-order chi connectivity index (χ0) is 21.1. The van der Waals surface area contributed by atoms with Gasteiger partial charge >= 0.3 is 5.97 Å². The van der Waals surface area contributed by atoms with Gasteiger partial charge in [0.1, 0.15) is 17.9 Å². The highest BCUT2D eigenvalue weighted by molar-refractivity contribution is 14.1. The molecule has 2 atom stereocenters. The van der Waals surface area contributed by atoms with Crippen LogP contribution in [0.2, 0.25) is 0 Å². The van der Waals surface area contributed by atoms with Crippen molar-refractivity contribution in [3.05, 3.63) is 62.5 Å². The summed E-state index contributed by atoms with van der Waals surface area (Å²) in [6.45, 7) is -0.426. The molecular formula is C19H14F5IO4. The molecule has 29 heavy (non-hydrogen) atoms. The number of carbonyl (C=O) groups is 1. The molecule has 156 valence electrons. The molecule has 3 rings (SSSR count). The highest BCUT2D eigenvalue weighted by Gasteiger charge is 2.32. The Morgan fingerprint density at radius 2 is 1.55 bits per heavy atom. The Balaban J connectivity index is 1.61. The van der Waals surface area contributed by atoms with Gasteiger partial charge in [0.2, 0.25) is 5.82 Å². The van der Waals surface area contributed by atoms with Crippen molar-refractivity contribution in [1.29, 1.82) is 0 Å². The summed E-state index contributed by atoms with van der Waals surface area (Å²) in [6.07, 6.45) is 0.439. The molecule has 0 spiro atoms. The lowest BCUT2D eigenvalue weighted by atomic mass is 10.1. The molecule has 0 aromatic heterocycles. The Kier molecular flexibility index (Phi) is 6.93. The lowest BCUT2D eigenvalue weighted by molar-refractivity contribution is -0.158. The largest absolute Gasteiger partial charge is 0.465 e. The lowest BCUT2D eigenvalue weighted by Crippen LogP contribution is -2.35. The molecule has 1 saturated heterocycles. The van der Waals surface area contributed by atoms with Crippen molar-refractivity contribution in [3.8, 4) is 5.75 Å². The Labute approximate surface area is 176 Å². The van der Waals surface area contributed by atoms with Gasteiger partial charge in [-0.1, -0.05) is 0 Å². The maximum Gasteiger partial charge on any atom is 0.344 e. The second-order valence-corrected chi connectivity index (χ2v) is 7.48. The molecule has 0 bridgehead atoms. The Morgan fingerprint density at radius 1 is 0.966 bits per heavy atom. The Bertz CT molecular complexity index is 877. The zero-order valence-corrected chi connectivity index (χ0v) is 16.9. The molecule has 0 amide bonds. The monoisotopic (exact) mass is 528 g/mol. The molecule has 4 nitrogen and oxygen atoms in total. The van der Waals surface area contributed by atoms with E-state index in [1.54, 1.807) is 12.1 Å². The minimum atomic E-state index is -2.34. The van der Waals surface area contributed by atoms with Gasteiger partial charge in [-0.2, -0.15) is 0 Å². The summed E-state index contributed by atoms with van der Waals surface area (Å²) in [5.74, 6) is -12.3. The van der Waals surface area contributed by atoms with Gasteiger partial charge in [0, 0.05) is 9.99 Å². The summed E-state index contributed by atoms with van der Waals surface area (Å²) in [5, 5.41) is 0. The van der Waals surface area contributed by atoms with Gasteiger partial charge in [0.15, 0.2) is 29.6 Å². The van der Waals surface area contributed by atoms with Gasteiger partial charge < -0.3 is 14.2 Å². The van der Waals surface area contributed by atoms with E-state index in [2.05, 4.69) is 22.6 Å². The summed E-state index contributed by atoms with van der Waals surface area (Å²) in [7, 11) is 0. The van der Waals surface area contributed by atoms with E-state index < -0.39 is 59.6 Å². The van der Waals surface area contributed by atoms with Crippen LogP contribution in [0.5, 0.6) is 5.75 Å². The second kappa shape index (κ2) is 9.24. The normalized spacial score (nSPS) is 19.1. The first-order chi connectivity index (χ1) is 13.8. The first kappa shape index (κ1) is 21.8. The van der Waals surface area contributed by atoms with Gasteiger partial charge in [0.25, 0.3) is 0 Å². The van der Waals surface area contributed by atoms with Crippen LogP contribution in [-0.4, -0.2) is 25.0 Å². The molecule has 1 aliphatic heterocycles. The van der Waals surface area contributed by atoms with Crippen LogP contribution in [0.25, 0.3) is 0 Å². The van der Waals surface area contributed by atoms with Crippen LogP contribution >= 0.6 is 22.6 Å². The quantitative estimate of drug-likeness (QED) is 0.178. The predicted octanol–water partition coefficient (Wildman–Crippen LogP) is 5.12. The summed E-state index contributed by atoms with van der Waals surface area (Å²) in [6, 6.07) is 7.22. The van der Waals surface area contributed by atoms with Crippen LogP contribution in [0.3, 0.4) is 0 Å². The highest BCUT2D eigenvalue weighted by atomic mass is 127. The van der Waals surface area contributed by atoms with Crippen molar-refractivity contribution in [2.75, 3.05) is 6.61 Å². The number of hydrogen-bond donors (Lipinski definition) is 0. The molecule has 2 aromatic carbocycles. The van der Waals surface area contributed by atoms with E-state index in [1.165, 1.54) is 0 Å². The van der Waals surface area contributed by atoms with E-state index in [-0.39, 0.29) is 0 Å². The summed E-state index contributed by atoms with van der Waals surface area (Å²) in [4.78, 5) is 11.9. The van der Waals surface area contributed by atoms with Crippen LogP contribution in [0.4, 0.5) is 22.0 Å². The second-order valence-electron chi connectivity index (χ2n) is 6.23. The summed E-state index contributed by atoms with van der Waals surface area (Å²) < 4.78 is 84.0. The molecule has 1 aliphatic rings. The fraction of sp³-hybridized carbons (Fsp3) is 0.316. The van der Waals surface area contributed by atoms with E-state index >= 15 is 0 Å². The van der Waals surface area contributed by atoms with Gasteiger partial charge in [-0.3, -0.25) is 0 Å². The minimum Gasteiger partial charge on any atom is -0.465 e. The number of rotatable bonds is 5. The molecule has 0 N–H and O–H groups in total. The Hall–Kier alpha value is -1.95. The van der Waals surface area contributed by atoms with Crippen LogP contribution in [-0.2, 0) is 9.47 Å². The molecular weight excluding hydrogens is 514 g/mol. The van der Waals surface area contributed by atoms with Crippen molar-refractivity contribution in [1.82, 2.24) is 0 Å². The molecule has 0 saturated carbocycles. The number of benzene rings is 2. The van der Waals surface area contributed by atoms with Crippen LogP contribution in [0.15, 0.2) is 24.3 Å². The van der Waals surface area contributed by atoms with Gasteiger partial charge in [-0.25, -0.2) is 26.7 Å². The number of carbonyl (C=O) groups excluding carboxylic acids is 1. The van der Waals surface area contributed by atoms with Crippen molar-refractivity contribution >= 4 is 28.6 Å². The topological polar surface area (TPSA) is 44.8 Å². The Morgan fingerprint density at radius 3 is 2.17 bits per heavy atom.